The van der Waals surface area contributed by atoms with Gasteiger partial charge in [0.25, 0.3) is 5.91 Å². The van der Waals surface area contributed by atoms with Crippen molar-refractivity contribution < 1.29 is 4.79 Å². The van der Waals surface area contributed by atoms with Gasteiger partial charge in [-0.25, -0.2) is 4.68 Å². The van der Waals surface area contributed by atoms with Crippen molar-refractivity contribution in [2.75, 3.05) is 6.54 Å². The van der Waals surface area contributed by atoms with Crippen LogP contribution in [-0.2, 0) is 0 Å². The van der Waals surface area contributed by atoms with Crippen LogP contribution < -0.4 is 10.6 Å². The molecular weight excluding hydrogens is 336 g/mol. The van der Waals surface area contributed by atoms with Crippen LogP contribution in [0, 0.1) is 0 Å². The minimum atomic E-state index is -0.0237. The first-order valence-electron chi connectivity index (χ1n) is 9.45. The highest BCUT2D eigenvalue weighted by Crippen LogP contribution is 2.22. The molecule has 138 valence electrons. The standard InChI is InChI=1S/C22H24N4O/c1-16-14-19(10-12-23-16)25-22(27)18-8-5-9-20(15-18)26-21(11-13-24-26)17-6-3-2-4-7-17/h2-9,11,13,15-16,19,23H,10,12,14H2,1H3,(H,25,27). The monoisotopic (exact) mass is 360 g/mol. The molecule has 2 unspecified atom stereocenters. The van der Waals surface area contributed by atoms with Crippen LogP contribution in [0.3, 0.4) is 0 Å². The van der Waals surface area contributed by atoms with E-state index in [1.54, 1.807) is 6.20 Å². The lowest BCUT2D eigenvalue weighted by Crippen LogP contribution is -2.46. The van der Waals surface area contributed by atoms with Gasteiger partial charge in [-0.15, -0.1) is 0 Å². The molecule has 2 N–H and O–H groups in total. The quantitative estimate of drug-likeness (QED) is 0.750. The first kappa shape index (κ1) is 17.5. The van der Waals surface area contributed by atoms with Crippen LogP contribution in [0.2, 0.25) is 0 Å². The van der Waals surface area contributed by atoms with Gasteiger partial charge < -0.3 is 10.6 Å². The van der Waals surface area contributed by atoms with Gasteiger partial charge in [0.1, 0.15) is 0 Å². The van der Waals surface area contributed by atoms with Gasteiger partial charge >= 0.3 is 0 Å². The molecule has 1 fully saturated rings. The van der Waals surface area contributed by atoms with E-state index in [2.05, 4.69) is 34.8 Å². The van der Waals surface area contributed by atoms with Crippen LogP contribution in [0.25, 0.3) is 16.9 Å². The van der Waals surface area contributed by atoms with Crippen LogP contribution in [-0.4, -0.2) is 34.3 Å². The lowest BCUT2D eigenvalue weighted by molar-refractivity contribution is 0.0925. The average molecular weight is 360 g/mol. The minimum Gasteiger partial charge on any atom is -0.349 e. The molecule has 0 radical (unpaired) electrons. The lowest BCUT2D eigenvalue weighted by Gasteiger charge is -2.28. The second kappa shape index (κ2) is 7.76. The van der Waals surface area contributed by atoms with E-state index >= 15 is 0 Å². The van der Waals surface area contributed by atoms with Gasteiger partial charge in [-0.1, -0.05) is 36.4 Å². The van der Waals surface area contributed by atoms with Crippen LogP contribution in [0.4, 0.5) is 0 Å². The molecule has 1 aromatic heterocycles. The molecule has 5 heteroatoms. The van der Waals surface area contributed by atoms with Crippen LogP contribution in [0.1, 0.15) is 30.1 Å². The van der Waals surface area contributed by atoms with Crippen molar-refractivity contribution in [3.8, 4) is 16.9 Å². The Kier molecular flexibility index (Phi) is 5.03. The number of carbonyl (C=O) groups excluding carboxylic acids is 1. The Labute approximate surface area is 159 Å². The Morgan fingerprint density at radius 3 is 2.81 bits per heavy atom. The molecule has 27 heavy (non-hydrogen) atoms. The summed E-state index contributed by atoms with van der Waals surface area (Å²) in [5.41, 5.74) is 3.63. The Hall–Kier alpha value is -2.92. The summed E-state index contributed by atoms with van der Waals surface area (Å²) in [6, 6.07) is 20.4. The Bertz CT molecular complexity index is 919. The summed E-state index contributed by atoms with van der Waals surface area (Å²) in [6.45, 7) is 3.10. The van der Waals surface area contributed by atoms with E-state index in [4.69, 9.17) is 0 Å². The van der Waals surface area contributed by atoms with Crippen LogP contribution in [0.15, 0.2) is 66.9 Å². The molecule has 0 saturated carbocycles. The summed E-state index contributed by atoms with van der Waals surface area (Å²) in [6.07, 6.45) is 3.71. The number of piperidine rings is 1. The number of aromatic nitrogens is 2. The molecule has 1 saturated heterocycles. The number of amides is 1. The smallest absolute Gasteiger partial charge is 0.251 e. The molecule has 0 aliphatic carbocycles. The van der Waals surface area contributed by atoms with Gasteiger partial charge in [0.2, 0.25) is 0 Å². The maximum atomic E-state index is 12.7. The first-order chi connectivity index (χ1) is 13.2. The average Bonchev–Trinajstić information content (AvgIpc) is 3.19. The van der Waals surface area contributed by atoms with Gasteiger partial charge in [0, 0.05) is 23.2 Å². The zero-order chi connectivity index (χ0) is 18.6. The largest absolute Gasteiger partial charge is 0.349 e. The maximum Gasteiger partial charge on any atom is 0.251 e. The number of carbonyl (C=O) groups is 1. The summed E-state index contributed by atoms with van der Waals surface area (Å²) >= 11 is 0. The second-order valence-electron chi connectivity index (χ2n) is 7.09. The van der Waals surface area contributed by atoms with Crippen LogP contribution >= 0.6 is 0 Å². The number of nitrogens with zero attached hydrogens (tertiary/aromatic N) is 2. The lowest BCUT2D eigenvalue weighted by atomic mass is 10.00. The third kappa shape index (κ3) is 3.93. The molecule has 0 bridgehead atoms. The normalized spacial score (nSPS) is 19.6. The Balaban J connectivity index is 1.57. The number of rotatable bonds is 4. The number of benzene rings is 2. The second-order valence-corrected chi connectivity index (χ2v) is 7.09. The molecule has 5 nitrogen and oxygen atoms in total. The summed E-state index contributed by atoms with van der Waals surface area (Å²) in [7, 11) is 0. The molecule has 0 spiro atoms. The van der Waals surface area contributed by atoms with Crippen molar-refractivity contribution in [3.05, 3.63) is 72.4 Å². The van der Waals surface area contributed by atoms with Crippen molar-refractivity contribution in [2.24, 2.45) is 0 Å². The fourth-order valence-electron chi connectivity index (χ4n) is 3.65. The van der Waals surface area contributed by atoms with Gasteiger partial charge in [-0.3, -0.25) is 4.79 Å². The molecule has 1 aliphatic heterocycles. The summed E-state index contributed by atoms with van der Waals surface area (Å²) < 4.78 is 1.87. The fraction of sp³-hybridized carbons (Fsp3) is 0.273. The summed E-state index contributed by atoms with van der Waals surface area (Å²) in [4.78, 5) is 12.7. The van der Waals surface area contributed by atoms with E-state index in [9.17, 15) is 4.79 Å². The molecule has 2 atom stereocenters. The van der Waals surface area contributed by atoms with Crippen molar-refractivity contribution >= 4 is 5.91 Å². The predicted octanol–water partition coefficient (Wildman–Crippen LogP) is 3.41. The molecular formula is C22H24N4O. The van der Waals surface area contributed by atoms with E-state index in [0.29, 0.717) is 11.6 Å². The fourth-order valence-corrected chi connectivity index (χ4v) is 3.65. The highest BCUT2D eigenvalue weighted by Gasteiger charge is 2.20. The Morgan fingerprint density at radius 2 is 2.00 bits per heavy atom. The van der Waals surface area contributed by atoms with Gasteiger partial charge in [-0.2, -0.15) is 5.10 Å². The van der Waals surface area contributed by atoms with E-state index in [0.717, 1.165) is 36.3 Å². The first-order valence-corrected chi connectivity index (χ1v) is 9.45. The third-order valence-corrected chi connectivity index (χ3v) is 5.02. The van der Waals surface area contributed by atoms with E-state index in [-0.39, 0.29) is 11.9 Å². The maximum absolute atomic E-state index is 12.7. The number of hydrogen-bond donors (Lipinski definition) is 2. The molecule has 3 aromatic rings. The van der Waals surface area contributed by atoms with Crippen molar-refractivity contribution in [3.63, 3.8) is 0 Å². The highest BCUT2D eigenvalue weighted by atomic mass is 16.1. The Morgan fingerprint density at radius 1 is 1.15 bits per heavy atom. The van der Waals surface area contributed by atoms with Crippen molar-refractivity contribution in [1.29, 1.82) is 0 Å². The molecule has 4 rings (SSSR count). The van der Waals surface area contributed by atoms with Crippen molar-refractivity contribution in [2.45, 2.75) is 31.8 Å². The zero-order valence-electron chi connectivity index (χ0n) is 15.4. The SMILES string of the molecule is CC1CC(NC(=O)c2cccc(-n3nccc3-c3ccccc3)c2)CCN1. The van der Waals surface area contributed by atoms with Crippen molar-refractivity contribution in [1.82, 2.24) is 20.4 Å². The summed E-state index contributed by atoms with van der Waals surface area (Å²) in [5, 5.41) is 11.1. The molecule has 1 aliphatic rings. The van der Waals surface area contributed by atoms with Gasteiger partial charge in [0.05, 0.1) is 17.6 Å². The molecule has 2 aromatic carbocycles. The number of hydrogen-bond acceptors (Lipinski definition) is 3. The topological polar surface area (TPSA) is 59.0 Å². The van der Waals surface area contributed by atoms with Gasteiger partial charge in [0.15, 0.2) is 0 Å². The number of nitrogens with one attached hydrogen (secondary N) is 2. The molecule has 2 heterocycles. The van der Waals surface area contributed by atoms with E-state index in [1.165, 1.54) is 0 Å². The third-order valence-electron chi connectivity index (χ3n) is 5.02. The van der Waals surface area contributed by atoms with Crippen LogP contribution in [0.5, 0.6) is 0 Å². The van der Waals surface area contributed by atoms with E-state index < -0.39 is 0 Å². The highest BCUT2D eigenvalue weighted by molar-refractivity contribution is 5.95. The zero-order valence-corrected chi connectivity index (χ0v) is 15.4. The van der Waals surface area contributed by atoms with Gasteiger partial charge in [-0.05, 0) is 50.6 Å². The predicted molar refractivity (Wildman–Crippen MR) is 107 cm³/mol. The minimum absolute atomic E-state index is 0.0237. The van der Waals surface area contributed by atoms with E-state index in [1.807, 2.05) is 53.2 Å². The molecule has 1 amide bonds. The summed E-state index contributed by atoms with van der Waals surface area (Å²) in [5.74, 6) is -0.0237.